The van der Waals surface area contributed by atoms with E-state index >= 15 is 0 Å². The molecule has 8 atom stereocenters. The fourth-order valence-corrected chi connectivity index (χ4v) is 7.70. The van der Waals surface area contributed by atoms with E-state index in [-0.39, 0.29) is 23.2 Å². The maximum absolute atomic E-state index is 12.5. The first-order valence-corrected chi connectivity index (χ1v) is 13.2. The summed E-state index contributed by atoms with van der Waals surface area (Å²) in [5.74, 6) is -0.315. The minimum atomic E-state index is -0.852. The highest BCUT2D eigenvalue weighted by Crippen LogP contribution is 2.67. The van der Waals surface area contributed by atoms with Gasteiger partial charge in [0.1, 0.15) is 6.10 Å². The molecule has 8 unspecified atom stereocenters. The Balaban J connectivity index is 1.15. The van der Waals surface area contributed by atoms with Crippen LogP contribution in [0, 0.1) is 28.6 Å². The van der Waals surface area contributed by atoms with Gasteiger partial charge in [-0.1, -0.05) is 0 Å². The Kier molecular flexibility index (Phi) is 5.59. The third-order valence-corrected chi connectivity index (χ3v) is 8.93. The fraction of sp³-hybridized carbons (Fsp3) is 0.923. The van der Waals surface area contributed by atoms with Gasteiger partial charge in [-0.2, -0.15) is 0 Å². The zero-order valence-corrected chi connectivity index (χ0v) is 21.3. The van der Waals surface area contributed by atoms with Crippen LogP contribution >= 0.6 is 0 Å². The van der Waals surface area contributed by atoms with E-state index < -0.39 is 54.2 Å². The van der Waals surface area contributed by atoms with E-state index in [0.717, 1.165) is 32.1 Å². The van der Waals surface area contributed by atoms with Crippen LogP contribution in [-0.4, -0.2) is 67.9 Å². The number of carbonyl (C=O) groups is 2. The van der Waals surface area contributed by atoms with E-state index in [4.69, 9.17) is 33.2 Å². The topological polar surface area (TPSA) is 98.8 Å². The van der Waals surface area contributed by atoms with Crippen molar-refractivity contribution >= 4 is 11.9 Å². The third-order valence-electron chi connectivity index (χ3n) is 8.93. The Hall–Kier alpha value is -1.26. The number of esters is 2. The highest BCUT2D eigenvalue weighted by atomic mass is 16.9. The Labute approximate surface area is 206 Å². The van der Waals surface area contributed by atoms with Gasteiger partial charge >= 0.3 is 11.9 Å². The first-order valence-electron chi connectivity index (χ1n) is 13.2. The second-order valence-corrected chi connectivity index (χ2v) is 12.5. The van der Waals surface area contributed by atoms with Crippen LogP contribution in [0.15, 0.2) is 0 Å². The maximum atomic E-state index is 12.5. The van der Waals surface area contributed by atoms with Gasteiger partial charge in [-0.3, -0.25) is 4.79 Å². The number of ether oxygens (including phenoxy) is 7. The molecule has 1 spiro atoms. The molecule has 9 nitrogen and oxygen atoms in total. The zero-order chi connectivity index (χ0) is 24.8. The summed E-state index contributed by atoms with van der Waals surface area (Å²) in [5, 5.41) is 0. The lowest BCUT2D eigenvalue weighted by molar-refractivity contribution is -0.338. The van der Waals surface area contributed by atoms with Crippen molar-refractivity contribution in [1.29, 1.82) is 0 Å². The van der Waals surface area contributed by atoms with Gasteiger partial charge in [-0.25, -0.2) is 4.79 Å². The smallest absolute Gasteiger partial charge is 0.338 e. The lowest BCUT2D eigenvalue weighted by Gasteiger charge is -2.62. The average Bonchev–Trinajstić information content (AvgIpc) is 3.39. The highest BCUT2D eigenvalue weighted by molar-refractivity contribution is 5.78. The minimum Gasteiger partial charge on any atom is -0.465 e. The van der Waals surface area contributed by atoms with Crippen molar-refractivity contribution < 1.29 is 42.7 Å². The molecule has 0 radical (unpaired) electrons. The van der Waals surface area contributed by atoms with Crippen molar-refractivity contribution in [2.24, 2.45) is 28.6 Å². The largest absolute Gasteiger partial charge is 0.465 e. The van der Waals surface area contributed by atoms with E-state index in [0.29, 0.717) is 19.1 Å². The number of hydrogen-bond acceptors (Lipinski definition) is 9. The number of rotatable bonds is 6. The van der Waals surface area contributed by atoms with E-state index in [1.54, 1.807) is 6.92 Å². The zero-order valence-electron chi connectivity index (χ0n) is 21.3. The standard InChI is InChI=1S/C26H38O9/c1-6-29-13(2)31-19-17-18(32-21(19)27)20-22(33-17)35-26(34-20)15-7-14-8-16(26)11-25(9-14,10-15)12-30-23(28)24(3,4)5/h13-20,22H,6-12H2,1-5H3. The Morgan fingerprint density at radius 1 is 1.09 bits per heavy atom. The molecule has 3 saturated heterocycles. The van der Waals surface area contributed by atoms with Gasteiger partial charge in [-0.15, -0.1) is 0 Å². The molecule has 4 bridgehead atoms. The first kappa shape index (κ1) is 24.1. The van der Waals surface area contributed by atoms with Crippen LogP contribution in [0.4, 0.5) is 0 Å². The monoisotopic (exact) mass is 494 g/mol. The van der Waals surface area contributed by atoms with Crippen molar-refractivity contribution in [3.8, 4) is 0 Å². The van der Waals surface area contributed by atoms with Crippen LogP contribution in [0.1, 0.15) is 66.7 Å². The summed E-state index contributed by atoms with van der Waals surface area (Å²) in [6, 6.07) is 0. The number of fused-ring (bicyclic) bond motifs is 3. The second kappa shape index (κ2) is 8.12. The molecule has 0 amide bonds. The SMILES string of the molecule is CCOC(C)OC1C(=O)OC2C3OC4(OC3OC12)C1CC2CC4CC(COC(=O)C(C)(C)C)(C2)C1. The van der Waals surface area contributed by atoms with Gasteiger partial charge in [0.25, 0.3) is 0 Å². The summed E-state index contributed by atoms with van der Waals surface area (Å²) in [6.07, 6.45) is 1.41. The summed E-state index contributed by atoms with van der Waals surface area (Å²) in [7, 11) is 0. The molecule has 9 heteroatoms. The van der Waals surface area contributed by atoms with Crippen molar-refractivity contribution in [2.45, 2.75) is 110 Å². The molecule has 3 heterocycles. The van der Waals surface area contributed by atoms with Crippen LogP contribution in [0.25, 0.3) is 0 Å². The maximum Gasteiger partial charge on any atom is 0.338 e. The molecular formula is C26H38O9. The fourth-order valence-electron chi connectivity index (χ4n) is 7.70. The molecular weight excluding hydrogens is 456 g/mol. The van der Waals surface area contributed by atoms with E-state index in [1.807, 2.05) is 27.7 Å². The molecule has 0 aromatic heterocycles. The number of hydrogen-bond donors (Lipinski definition) is 0. The van der Waals surface area contributed by atoms with Gasteiger partial charge in [0.15, 0.2) is 36.7 Å². The van der Waals surface area contributed by atoms with Gasteiger partial charge in [0.05, 0.1) is 12.0 Å². The second-order valence-electron chi connectivity index (χ2n) is 12.5. The van der Waals surface area contributed by atoms with Gasteiger partial charge in [-0.05, 0) is 72.6 Å². The average molecular weight is 495 g/mol. The van der Waals surface area contributed by atoms with Gasteiger partial charge < -0.3 is 33.2 Å². The van der Waals surface area contributed by atoms with E-state index in [9.17, 15) is 9.59 Å². The van der Waals surface area contributed by atoms with Crippen molar-refractivity contribution in [3.05, 3.63) is 0 Å². The molecule has 4 saturated carbocycles. The van der Waals surface area contributed by atoms with Crippen LogP contribution in [0.2, 0.25) is 0 Å². The van der Waals surface area contributed by atoms with Crippen molar-refractivity contribution in [1.82, 2.24) is 0 Å². The highest BCUT2D eigenvalue weighted by Gasteiger charge is 2.72. The third kappa shape index (κ3) is 3.76. The van der Waals surface area contributed by atoms with Gasteiger partial charge in [0, 0.05) is 23.9 Å². The number of carbonyl (C=O) groups excluding carboxylic acids is 2. The quantitative estimate of drug-likeness (QED) is 0.408. The summed E-state index contributed by atoms with van der Waals surface area (Å²) in [5.41, 5.74) is -0.516. The molecule has 3 aliphatic heterocycles. The van der Waals surface area contributed by atoms with E-state index in [1.165, 1.54) is 0 Å². The molecule has 7 aliphatic rings. The van der Waals surface area contributed by atoms with Crippen LogP contribution < -0.4 is 0 Å². The Bertz CT molecular complexity index is 865. The Morgan fingerprint density at radius 2 is 1.80 bits per heavy atom. The molecule has 0 aromatic carbocycles. The predicted molar refractivity (Wildman–Crippen MR) is 120 cm³/mol. The van der Waals surface area contributed by atoms with Crippen LogP contribution in [-0.2, 0) is 42.7 Å². The molecule has 0 N–H and O–H groups in total. The summed E-state index contributed by atoms with van der Waals surface area (Å²) in [6.45, 7) is 10.2. The predicted octanol–water partition coefficient (Wildman–Crippen LogP) is 2.93. The van der Waals surface area contributed by atoms with Crippen molar-refractivity contribution in [3.63, 3.8) is 0 Å². The van der Waals surface area contributed by atoms with E-state index in [2.05, 4.69) is 0 Å². The van der Waals surface area contributed by atoms with Gasteiger partial charge in [0.2, 0.25) is 0 Å². The molecule has 0 aromatic rings. The van der Waals surface area contributed by atoms with Crippen molar-refractivity contribution in [2.75, 3.05) is 13.2 Å². The first-order chi connectivity index (χ1) is 16.5. The lowest BCUT2D eigenvalue weighted by Crippen LogP contribution is -2.63. The lowest BCUT2D eigenvalue weighted by atomic mass is 9.47. The molecule has 196 valence electrons. The molecule has 35 heavy (non-hydrogen) atoms. The molecule has 7 fully saturated rings. The Morgan fingerprint density at radius 3 is 2.46 bits per heavy atom. The minimum absolute atomic E-state index is 0.00928. The van der Waals surface area contributed by atoms with Crippen LogP contribution in [0.3, 0.4) is 0 Å². The summed E-state index contributed by atoms with van der Waals surface area (Å²) < 4.78 is 42.3. The molecule has 4 aliphatic carbocycles. The normalized spacial score (nSPS) is 48.2. The van der Waals surface area contributed by atoms with Crippen LogP contribution in [0.5, 0.6) is 0 Å². The summed E-state index contributed by atoms with van der Waals surface area (Å²) in [4.78, 5) is 25.0. The molecule has 7 rings (SSSR count). The summed E-state index contributed by atoms with van der Waals surface area (Å²) >= 11 is 0.